The van der Waals surface area contributed by atoms with Crippen LogP contribution in [0.5, 0.6) is 0 Å². The summed E-state index contributed by atoms with van der Waals surface area (Å²) in [5, 5.41) is 15.5. The lowest BCUT2D eigenvalue weighted by atomic mass is 10.4. The third-order valence-corrected chi connectivity index (χ3v) is 2.23. The summed E-state index contributed by atoms with van der Waals surface area (Å²) in [7, 11) is 1.84. The van der Waals surface area contributed by atoms with E-state index in [0.717, 1.165) is 11.5 Å². The van der Waals surface area contributed by atoms with Gasteiger partial charge in [-0.2, -0.15) is 5.10 Å². The number of hydrogen-bond donors (Lipinski definition) is 1. The fourth-order valence-corrected chi connectivity index (χ4v) is 1.42. The largest absolute Gasteiger partial charge is 0.308 e. The Morgan fingerprint density at radius 3 is 2.88 bits per heavy atom. The molecule has 92 valence electrons. The molecule has 0 atom stereocenters. The molecule has 0 aliphatic heterocycles. The van der Waals surface area contributed by atoms with Gasteiger partial charge in [-0.05, 0) is 0 Å². The first kappa shape index (κ1) is 11.7. The van der Waals surface area contributed by atoms with Crippen molar-refractivity contribution >= 4 is 0 Å². The molecule has 0 unspecified atom stereocenters. The van der Waals surface area contributed by atoms with Gasteiger partial charge in [0.15, 0.2) is 5.82 Å². The monoisotopic (exact) mass is 235 g/mol. The molecular formula is C10H17N7. The summed E-state index contributed by atoms with van der Waals surface area (Å²) in [5.41, 5.74) is 0.876. The summed E-state index contributed by atoms with van der Waals surface area (Å²) in [6.45, 7) is 5.47. The maximum Gasteiger partial charge on any atom is 0.164 e. The van der Waals surface area contributed by atoms with Gasteiger partial charge in [-0.1, -0.05) is 19.1 Å². The summed E-state index contributed by atoms with van der Waals surface area (Å²) in [4.78, 5) is 4.23. The van der Waals surface area contributed by atoms with Crippen LogP contribution in [0.1, 0.15) is 25.4 Å². The average Bonchev–Trinajstić information content (AvgIpc) is 2.86. The van der Waals surface area contributed by atoms with Crippen molar-refractivity contribution < 1.29 is 0 Å². The van der Waals surface area contributed by atoms with Crippen LogP contribution >= 0.6 is 0 Å². The Hall–Kier alpha value is -1.76. The Morgan fingerprint density at radius 1 is 1.41 bits per heavy atom. The lowest BCUT2D eigenvalue weighted by molar-refractivity contribution is 0.564. The normalized spacial score (nSPS) is 11.3. The number of nitrogens with zero attached hydrogens (tertiary/aromatic N) is 6. The topological polar surface area (TPSA) is 73.5 Å². The van der Waals surface area contributed by atoms with Gasteiger partial charge in [0.1, 0.15) is 12.0 Å². The molecule has 0 radical (unpaired) electrons. The molecule has 0 fully saturated rings. The van der Waals surface area contributed by atoms with E-state index < -0.39 is 0 Å². The second-order valence-corrected chi connectivity index (χ2v) is 4.28. The molecule has 7 nitrogen and oxygen atoms in total. The molecule has 0 aliphatic rings. The standard InChI is InChI=1S/C10H17N7/c1-8(2)11-4-10-12-7-17(14-10)6-9-5-16(3)15-13-9/h5,7-8,11H,4,6H2,1-3H3. The van der Waals surface area contributed by atoms with Gasteiger partial charge in [0.2, 0.25) is 0 Å². The van der Waals surface area contributed by atoms with Crippen LogP contribution in [-0.4, -0.2) is 35.8 Å². The first-order chi connectivity index (χ1) is 8.13. The molecule has 17 heavy (non-hydrogen) atoms. The van der Waals surface area contributed by atoms with E-state index in [2.05, 4.69) is 39.6 Å². The molecule has 2 rings (SSSR count). The molecule has 0 aliphatic carbocycles. The fraction of sp³-hybridized carbons (Fsp3) is 0.600. The lowest BCUT2D eigenvalue weighted by Gasteiger charge is -2.03. The van der Waals surface area contributed by atoms with E-state index in [1.807, 2.05) is 13.2 Å². The number of aromatic nitrogens is 6. The van der Waals surface area contributed by atoms with E-state index in [1.165, 1.54) is 0 Å². The van der Waals surface area contributed by atoms with E-state index in [0.29, 0.717) is 19.1 Å². The highest BCUT2D eigenvalue weighted by molar-refractivity contribution is 4.93. The number of hydrogen-bond acceptors (Lipinski definition) is 5. The van der Waals surface area contributed by atoms with Crippen LogP contribution in [0.4, 0.5) is 0 Å². The van der Waals surface area contributed by atoms with Crippen molar-refractivity contribution in [1.29, 1.82) is 0 Å². The third-order valence-electron chi connectivity index (χ3n) is 2.23. The summed E-state index contributed by atoms with van der Waals surface area (Å²) >= 11 is 0. The first-order valence-electron chi connectivity index (χ1n) is 5.60. The van der Waals surface area contributed by atoms with Crippen molar-refractivity contribution in [1.82, 2.24) is 35.1 Å². The molecule has 7 heteroatoms. The predicted octanol–water partition coefficient (Wildman–Crippen LogP) is -0.0471. The predicted molar refractivity (Wildman–Crippen MR) is 62.1 cm³/mol. The van der Waals surface area contributed by atoms with Crippen molar-refractivity contribution in [2.75, 3.05) is 0 Å². The maximum absolute atomic E-state index is 4.35. The summed E-state index contributed by atoms with van der Waals surface area (Å²) < 4.78 is 3.44. The second kappa shape index (κ2) is 5.05. The van der Waals surface area contributed by atoms with Gasteiger partial charge in [-0.3, -0.25) is 4.68 Å². The third kappa shape index (κ3) is 3.35. The number of nitrogens with one attached hydrogen (secondary N) is 1. The van der Waals surface area contributed by atoms with E-state index >= 15 is 0 Å². The zero-order valence-corrected chi connectivity index (χ0v) is 10.3. The zero-order valence-electron chi connectivity index (χ0n) is 10.3. The van der Waals surface area contributed by atoms with E-state index in [1.54, 1.807) is 15.7 Å². The average molecular weight is 235 g/mol. The van der Waals surface area contributed by atoms with Crippen LogP contribution in [-0.2, 0) is 20.1 Å². The quantitative estimate of drug-likeness (QED) is 0.786. The van der Waals surface area contributed by atoms with Crippen LogP contribution in [0.2, 0.25) is 0 Å². The molecule has 2 heterocycles. The van der Waals surface area contributed by atoms with Gasteiger partial charge in [0.05, 0.1) is 13.1 Å². The van der Waals surface area contributed by atoms with Gasteiger partial charge in [-0.25, -0.2) is 9.67 Å². The molecule has 1 N–H and O–H groups in total. The van der Waals surface area contributed by atoms with Crippen molar-refractivity contribution in [3.8, 4) is 0 Å². The minimum absolute atomic E-state index is 0.432. The van der Waals surface area contributed by atoms with E-state index in [-0.39, 0.29) is 0 Å². The molecule has 0 amide bonds. The van der Waals surface area contributed by atoms with Gasteiger partial charge >= 0.3 is 0 Å². The Balaban J connectivity index is 1.94. The van der Waals surface area contributed by atoms with Crippen LogP contribution in [0.25, 0.3) is 0 Å². The van der Waals surface area contributed by atoms with Crippen LogP contribution in [0.3, 0.4) is 0 Å². The molecule has 2 aromatic rings. The SMILES string of the molecule is CC(C)NCc1ncn(Cc2cn(C)nn2)n1. The summed E-state index contributed by atoms with van der Waals surface area (Å²) in [6, 6.07) is 0.432. The summed E-state index contributed by atoms with van der Waals surface area (Å²) in [5.74, 6) is 0.794. The minimum atomic E-state index is 0.432. The molecule has 0 spiro atoms. The van der Waals surface area contributed by atoms with Gasteiger partial charge < -0.3 is 5.32 Å². The Bertz CT molecular complexity index is 470. The van der Waals surface area contributed by atoms with Crippen molar-refractivity contribution in [3.63, 3.8) is 0 Å². The highest BCUT2D eigenvalue weighted by atomic mass is 15.4. The van der Waals surface area contributed by atoms with E-state index in [4.69, 9.17) is 0 Å². The van der Waals surface area contributed by atoms with E-state index in [9.17, 15) is 0 Å². The summed E-state index contributed by atoms with van der Waals surface area (Å²) in [6.07, 6.45) is 3.58. The van der Waals surface area contributed by atoms with Crippen LogP contribution in [0.15, 0.2) is 12.5 Å². The second-order valence-electron chi connectivity index (χ2n) is 4.28. The zero-order chi connectivity index (χ0) is 12.3. The molecule has 0 bridgehead atoms. The number of aryl methyl sites for hydroxylation is 1. The van der Waals surface area contributed by atoms with Gasteiger partial charge in [0, 0.05) is 19.3 Å². The van der Waals surface area contributed by atoms with Gasteiger partial charge in [-0.15, -0.1) is 5.10 Å². The minimum Gasteiger partial charge on any atom is -0.308 e. The lowest BCUT2D eigenvalue weighted by Crippen LogP contribution is -2.22. The highest BCUT2D eigenvalue weighted by Gasteiger charge is 2.04. The highest BCUT2D eigenvalue weighted by Crippen LogP contribution is 1.97. The van der Waals surface area contributed by atoms with Gasteiger partial charge in [0.25, 0.3) is 0 Å². The van der Waals surface area contributed by atoms with Crippen molar-refractivity contribution in [3.05, 3.63) is 24.0 Å². The smallest absolute Gasteiger partial charge is 0.164 e. The molecule has 0 saturated carbocycles. The van der Waals surface area contributed by atoms with Crippen molar-refractivity contribution in [2.24, 2.45) is 7.05 Å². The van der Waals surface area contributed by atoms with Crippen molar-refractivity contribution in [2.45, 2.75) is 33.0 Å². The number of rotatable bonds is 5. The fourth-order valence-electron chi connectivity index (χ4n) is 1.42. The molecule has 0 aromatic carbocycles. The maximum atomic E-state index is 4.35. The van der Waals surface area contributed by atoms with Crippen LogP contribution in [0, 0.1) is 0 Å². The van der Waals surface area contributed by atoms with Crippen LogP contribution < -0.4 is 5.32 Å². The Morgan fingerprint density at radius 2 is 2.24 bits per heavy atom. The first-order valence-corrected chi connectivity index (χ1v) is 5.60. The Labute approximate surface area is 99.9 Å². The molecular weight excluding hydrogens is 218 g/mol. The molecule has 0 saturated heterocycles. The Kier molecular flexibility index (Phi) is 3.48. The molecule has 2 aromatic heterocycles.